The molecule has 0 aliphatic heterocycles. The zero-order valence-electron chi connectivity index (χ0n) is 14.5. The zero-order chi connectivity index (χ0) is 19.6. The van der Waals surface area contributed by atoms with E-state index >= 15 is 0 Å². The summed E-state index contributed by atoms with van der Waals surface area (Å²) in [5.41, 5.74) is 1.03. The highest BCUT2D eigenvalue weighted by Gasteiger charge is 2.25. The number of esters is 1. The Morgan fingerprint density at radius 3 is 2.56 bits per heavy atom. The molecule has 0 saturated heterocycles. The molecule has 2 aromatic heterocycles. The molecule has 1 amide bonds. The van der Waals surface area contributed by atoms with Gasteiger partial charge in [0.05, 0.1) is 28.9 Å². The highest BCUT2D eigenvalue weighted by molar-refractivity contribution is 6.32. The average molecular weight is 387 g/mol. The maximum absolute atomic E-state index is 12.9. The maximum Gasteiger partial charge on any atom is 0.338 e. The summed E-state index contributed by atoms with van der Waals surface area (Å²) in [5.74, 6) is -1.46. The monoisotopic (exact) mass is 386 g/mol. The number of hydrogen-bond donors (Lipinski definition) is 2. The molecular weight excluding hydrogens is 372 g/mol. The van der Waals surface area contributed by atoms with Crippen LogP contribution in [0.1, 0.15) is 40.3 Å². The first kappa shape index (κ1) is 18.5. The van der Waals surface area contributed by atoms with E-state index < -0.39 is 17.7 Å². The van der Waals surface area contributed by atoms with E-state index in [1.165, 1.54) is 31.7 Å². The number of nitrogens with zero attached hydrogens (tertiary/aromatic N) is 2. The molecule has 2 heterocycles. The number of fused-ring (bicyclic) bond motifs is 1. The number of nitrogens with one attached hydrogen (secondary N) is 2. The van der Waals surface area contributed by atoms with E-state index in [1.807, 2.05) is 0 Å². The molecule has 0 saturated carbocycles. The number of aromatic nitrogens is 3. The Bertz CT molecular complexity index is 1050. The highest BCUT2D eigenvalue weighted by Crippen LogP contribution is 2.35. The van der Waals surface area contributed by atoms with E-state index in [9.17, 15) is 14.4 Å². The van der Waals surface area contributed by atoms with Crippen molar-refractivity contribution in [3.8, 4) is 0 Å². The van der Waals surface area contributed by atoms with Gasteiger partial charge in [-0.3, -0.25) is 9.59 Å². The number of ketones is 1. The molecule has 0 atom stereocenters. The van der Waals surface area contributed by atoms with Crippen molar-refractivity contribution in [3.05, 3.63) is 52.7 Å². The van der Waals surface area contributed by atoms with Gasteiger partial charge < -0.3 is 15.0 Å². The van der Waals surface area contributed by atoms with Gasteiger partial charge in [-0.25, -0.2) is 14.8 Å². The summed E-state index contributed by atoms with van der Waals surface area (Å²) in [5, 5.41) is 3.24. The fourth-order valence-corrected chi connectivity index (χ4v) is 2.92. The van der Waals surface area contributed by atoms with E-state index in [1.54, 1.807) is 13.0 Å². The van der Waals surface area contributed by atoms with E-state index in [2.05, 4.69) is 20.3 Å². The van der Waals surface area contributed by atoms with Crippen LogP contribution in [0.25, 0.3) is 10.9 Å². The molecule has 3 aromatic rings. The van der Waals surface area contributed by atoms with Gasteiger partial charge in [0.25, 0.3) is 0 Å². The molecule has 0 fully saturated rings. The number of ether oxygens (including phenoxy) is 1. The Morgan fingerprint density at radius 1 is 1.22 bits per heavy atom. The smallest absolute Gasteiger partial charge is 0.338 e. The molecule has 1 aromatic carbocycles. The third-order valence-electron chi connectivity index (χ3n) is 3.71. The van der Waals surface area contributed by atoms with Crippen molar-refractivity contribution in [1.29, 1.82) is 0 Å². The molecule has 0 radical (unpaired) electrons. The van der Waals surface area contributed by atoms with Crippen molar-refractivity contribution in [3.63, 3.8) is 0 Å². The van der Waals surface area contributed by atoms with Crippen LogP contribution in [-0.4, -0.2) is 39.2 Å². The van der Waals surface area contributed by atoms with Crippen molar-refractivity contribution < 1.29 is 19.1 Å². The van der Waals surface area contributed by atoms with Crippen LogP contribution in [0.3, 0.4) is 0 Å². The fraction of sp³-hybridized carbons (Fsp3) is 0.167. The van der Waals surface area contributed by atoms with E-state index in [-0.39, 0.29) is 34.1 Å². The van der Waals surface area contributed by atoms with E-state index in [0.717, 1.165) is 0 Å². The number of H-pyrrole nitrogens is 1. The van der Waals surface area contributed by atoms with Gasteiger partial charge in [0.1, 0.15) is 12.0 Å². The van der Waals surface area contributed by atoms with E-state index in [4.69, 9.17) is 16.3 Å². The van der Waals surface area contributed by atoms with Crippen molar-refractivity contribution >= 4 is 45.9 Å². The van der Waals surface area contributed by atoms with Crippen molar-refractivity contribution in [2.24, 2.45) is 0 Å². The first-order chi connectivity index (χ1) is 12.9. The summed E-state index contributed by atoms with van der Waals surface area (Å²) in [6, 6.07) is 2.99. The second kappa shape index (κ2) is 7.55. The zero-order valence-corrected chi connectivity index (χ0v) is 15.3. The quantitative estimate of drug-likeness (QED) is 0.514. The Morgan fingerprint density at radius 2 is 1.93 bits per heavy atom. The highest BCUT2D eigenvalue weighted by atomic mass is 35.5. The molecular formula is C18H15ClN4O4. The predicted octanol–water partition coefficient (Wildman–Crippen LogP) is 2.98. The third-order valence-corrected chi connectivity index (χ3v) is 3.93. The van der Waals surface area contributed by atoms with Crippen molar-refractivity contribution in [2.45, 2.75) is 13.8 Å². The number of anilines is 1. The van der Waals surface area contributed by atoms with Crippen molar-refractivity contribution in [2.75, 3.05) is 11.9 Å². The van der Waals surface area contributed by atoms with Crippen LogP contribution in [-0.2, 0) is 9.53 Å². The van der Waals surface area contributed by atoms with Gasteiger partial charge in [0.2, 0.25) is 11.7 Å². The minimum absolute atomic E-state index is 0.0859. The predicted molar refractivity (Wildman–Crippen MR) is 99.0 cm³/mol. The van der Waals surface area contributed by atoms with Gasteiger partial charge in [0, 0.05) is 29.7 Å². The molecule has 8 nitrogen and oxygen atoms in total. The molecule has 2 N–H and O–H groups in total. The van der Waals surface area contributed by atoms with Crippen LogP contribution in [0.15, 0.2) is 30.9 Å². The lowest BCUT2D eigenvalue weighted by Crippen LogP contribution is -2.12. The van der Waals surface area contributed by atoms with Gasteiger partial charge in [-0.15, -0.1) is 0 Å². The summed E-state index contributed by atoms with van der Waals surface area (Å²) in [7, 11) is 0. The lowest BCUT2D eigenvalue weighted by Gasteiger charge is -2.08. The number of carbonyl (C=O) groups is 3. The average Bonchev–Trinajstić information content (AvgIpc) is 2.98. The van der Waals surface area contributed by atoms with Crippen molar-refractivity contribution in [1.82, 2.24) is 15.0 Å². The standard InChI is InChI=1S/C18H15ClN4O4/c1-3-27-18(26)12-4-11(19)5-13-14(12)15(22-9(2)24)16(23-13)17(25)10-6-20-8-21-7-10/h4-8,23H,3H2,1-2H3,(H,22,24). The Kier molecular flexibility index (Phi) is 5.18. The number of benzene rings is 1. The molecule has 0 bridgehead atoms. The van der Waals surface area contributed by atoms with Crippen LogP contribution in [0.4, 0.5) is 5.69 Å². The largest absolute Gasteiger partial charge is 0.462 e. The molecule has 0 aliphatic rings. The number of hydrogen-bond acceptors (Lipinski definition) is 6. The van der Waals surface area contributed by atoms with Crippen LogP contribution < -0.4 is 5.32 Å². The normalized spacial score (nSPS) is 10.6. The van der Waals surface area contributed by atoms with Gasteiger partial charge in [-0.1, -0.05) is 11.6 Å². The lowest BCUT2D eigenvalue weighted by atomic mass is 10.1. The summed E-state index contributed by atoms with van der Waals surface area (Å²) in [6.07, 6.45) is 4.02. The fourth-order valence-electron chi connectivity index (χ4n) is 2.70. The number of halogens is 1. The molecule has 0 aliphatic carbocycles. The Hall–Kier alpha value is -3.26. The van der Waals surface area contributed by atoms with Crippen LogP contribution in [0, 0.1) is 0 Å². The van der Waals surface area contributed by atoms with Gasteiger partial charge in [-0.2, -0.15) is 0 Å². The maximum atomic E-state index is 12.9. The molecule has 0 spiro atoms. The van der Waals surface area contributed by atoms with Crippen LogP contribution >= 0.6 is 11.6 Å². The first-order valence-corrected chi connectivity index (χ1v) is 8.39. The topological polar surface area (TPSA) is 114 Å². The minimum Gasteiger partial charge on any atom is -0.462 e. The number of rotatable bonds is 5. The van der Waals surface area contributed by atoms with Gasteiger partial charge >= 0.3 is 5.97 Å². The lowest BCUT2D eigenvalue weighted by molar-refractivity contribution is -0.114. The molecule has 138 valence electrons. The number of amides is 1. The van der Waals surface area contributed by atoms with Crippen LogP contribution in [0.5, 0.6) is 0 Å². The van der Waals surface area contributed by atoms with Gasteiger partial charge in [-0.05, 0) is 19.1 Å². The molecule has 27 heavy (non-hydrogen) atoms. The van der Waals surface area contributed by atoms with Crippen LogP contribution in [0.2, 0.25) is 5.02 Å². The third kappa shape index (κ3) is 3.65. The summed E-state index contributed by atoms with van der Waals surface area (Å²) < 4.78 is 5.08. The first-order valence-electron chi connectivity index (χ1n) is 8.02. The number of aromatic amines is 1. The molecule has 9 heteroatoms. The number of carbonyl (C=O) groups excluding carboxylic acids is 3. The Balaban J connectivity index is 2.28. The second-order valence-electron chi connectivity index (χ2n) is 5.61. The molecule has 0 unspecified atom stereocenters. The summed E-state index contributed by atoms with van der Waals surface area (Å²) >= 11 is 6.11. The second-order valence-corrected chi connectivity index (χ2v) is 6.05. The summed E-state index contributed by atoms with van der Waals surface area (Å²) in [4.78, 5) is 47.6. The van der Waals surface area contributed by atoms with Gasteiger partial charge in [0.15, 0.2) is 0 Å². The molecule has 3 rings (SSSR count). The minimum atomic E-state index is -0.613. The SMILES string of the molecule is CCOC(=O)c1cc(Cl)cc2[nH]c(C(=O)c3cncnc3)c(NC(C)=O)c12. The Labute approximate surface area is 158 Å². The van der Waals surface area contributed by atoms with E-state index in [0.29, 0.717) is 10.9 Å². The summed E-state index contributed by atoms with van der Waals surface area (Å²) in [6.45, 7) is 3.15.